The summed E-state index contributed by atoms with van der Waals surface area (Å²) >= 11 is 1.68. The van der Waals surface area contributed by atoms with Gasteiger partial charge < -0.3 is 16.0 Å². The summed E-state index contributed by atoms with van der Waals surface area (Å²) in [5.41, 5.74) is 1.94. The molecule has 0 radical (unpaired) electrons. The van der Waals surface area contributed by atoms with Crippen molar-refractivity contribution in [1.82, 2.24) is 15.6 Å². The van der Waals surface area contributed by atoms with Gasteiger partial charge in [0.25, 0.3) is 0 Å². The fraction of sp³-hybridized carbons (Fsp3) is 0.450. The third-order valence-corrected chi connectivity index (χ3v) is 5.59. The van der Waals surface area contributed by atoms with Gasteiger partial charge >= 0.3 is 0 Å². The van der Waals surface area contributed by atoms with Gasteiger partial charge in [-0.15, -0.1) is 35.3 Å². The Bertz CT molecular complexity index is 801. The van der Waals surface area contributed by atoms with E-state index in [0.717, 1.165) is 47.9 Å². The van der Waals surface area contributed by atoms with Gasteiger partial charge in [0.2, 0.25) is 5.91 Å². The van der Waals surface area contributed by atoms with Gasteiger partial charge in [0, 0.05) is 36.3 Å². The van der Waals surface area contributed by atoms with E-state index >= 15 is 0 Å². The molecule has 1 aliphatic carbocycles. The molecule has 28 heavy (non-hydrogen) atoms. The zero-order chi connectivity index (χ0) is 19.1. The topological polar surface area (TPSA) is 78.4 Å². The maximum Gasteiger partial charge on any atom is 0.227 e. The number of nitrogens with one attached hydrogen (secondary N) is 3. The summed E-state index contributed by atoms with van der Waals surface area (Å²) in [6.07, 6.45) is 6.22. The Morgan fingerprint density at radius 3 is 2.68 bits per heavy atom. The fourth-order valence-electron chi connectivity index (χ4n) is 3.24. The van der Waals surface area contributed by atoms with E-state index in [-0.39, 0.29) is 35.8 Å². The van der Waals surface area contributed by atoms with Gasteiger partial charge in [-0.2, -0.15) is 0 Å². The number of amides is 1. The molecule has 0 spiro atoms. The molecule has 1 saturated carbocycles. The van der Waals surface area contributed by atoms with Crippen LogP contribution < -0.4 is 16.0 Å². The van der Waals surface area contributed by atoms with Crippen molar-refractivity contribution in [1.29, 1.82) is 0 Å². The Hall–Kier alpha value is -1.68. The van der Waals surface area contributed by atoms with Gasteiger partial charge in [0.05, 0.1) is 6.54 Å². The molecule has 0 saturated heterocycles. The number of aromatic nitrogens is 1. The van der Waals surface area contributed by atoms with Crippen molar-refractivity contribution < 1.29 is 4.79 Å². The van der Waals surface area contributed by atoms with Crippen LogP contribution >= 0.6 is 35.3 Å². The molecule has 152 valence electrons. The maximum absolute atomic E-state index is 12.3. The lowest BCUT2D eigenvalue weighted by Gasteiger charge is -2.13. The molecule has 2 aromatic rings. The number of hydrogen-bond donors (Lipinski definition) is 3. The standard InChI is InChI=1S/C20H27N5OS.HI/c1-14-11-22-18(27-14)13-24-20(21-2)23-12-15-6-5-9-17(10-15)25-19(26)16-7-3-4-8-16;/h5-6,9-11,16H,3-4,7-8,12-13H2,1-2H3,(H,25,26)(H2,21,23,24);1H. The highest BCUT2D eigenvalue weighted by atomic mass is 127. The highest BCUT2D eigenvalue weighted by molar-refractivity contribution is 14.0. The molecule has 1 heterocycles. The van der Waals surface area contributed by atoms with E-state index in [9.17, 15) is 4.79 Å². The van der Waals surface area contributed by atoms with Crippen molar-refractivity contribution in [2.45, 2.75) is 45.7 Å². The number of rotatable bonds is 6. The van der Waals surface area contributed by atoms with Crippen molar-refractivity contribution in [3.63, 3.8) is 0 Å². The first kappa shape index (κ1) is 22.6. The number of anilines is 1. The SMILES string of the molecule is CN=C(NCc1cccc(NC(=O)C2CCCC2)c1)NCc1ncc(C)s1.I. The van der Waals surface area contributed by atoms with Crippen LogP contribution in [0.2, 0.25) is 0 Å². The summed E-state index contributed by atoms with van der Waals surface area (Å²) < 4.78 is 0. The van der Waals surface area contributed by atoms with E-state index in [4.69, 9.17) is 0 Å². The molecule has 1 aliphatic rings. The van der Waals surface area contributed by atoms with Gasteiger partial charge in [-0.3, -0.25) is 9.79 Å². The molecular weight excluding hydrogens is 485 g/mol. The lowest BCUT2D eigenvalue weighted by Crippen LogP contribution is -2.36. The Kier molecular flexibility index (Phi) is 9.17. The number of guanidine groups is 1. The van der Waals surface area contributed by atoms with Crippen LogP contribution in [0.3, 0.4) is 0 Å². The van der Waals surface area contributed by atoms with E-state index < -0.39 is 0 Å². The number of benzene rings is 1. The molecule has 1 amide bonds. The van der Waals surface area contributed by atoms with E-state index in [2.05, 4.69) is 25.9 Å². The van der Waals surface area contributed by atoms with Crippen LogP contribution in [0.5, 0.6) is 0 Å². The summed E-state index contributed by atoms with van der Waals surface area (Å²) in [4.78, 5) is 22.1. The highest BCUT2D eigenvalue weighted by Gasteiger charge is 2.22. The van der Waals surface area contributed by atoms with Crippen LogP contribution in [0.15, 0.2) is 35.5 Å². The van der Waals surface area contributed by atoms with Crippen LogP contribution in [0.1, 0.15) is 41.1 Å². The van der Waals surface area contributed by atoms with E-state index in [0.29, 0.717) is 13.1 Å². The number of hydrogen-bond acceptors (Lipinski definition) is 4. The molecule has 1 fully saturated rings. The molecule has 3 rings (SSSR count). The summed E-state index contributed by atoms with van der Waals surface area (Å²) in [6.45, 7) is 3.33. The third kappa shape index (κ3) is 6.73. The molecule has 0 atom stereocenters. The van der Waals surface area contributed by atoms with Gasteiger partial charge in [-0.1, -0.05) is 25.0 Å². The van der Waals surface area contributed by atoms with Crippen LogP contribution in [-0.4, -0.2) is 23.9 Å². The van der Waals surface area contributed by atoms with Gasteiger partial charge in [-0.25, -0.2) is 4.98 Å². The van der Waals surface area contributed by atoms with Crippen LogP contribution in [-0.2, 0) is 17.9 Å². The minimum atomic E-state index is 0. The first-order chi connectivity index (χ1) is 13.1. The zero-order valence-electron chi connectivity index (χ0n) is 16.3. The molecular formula is C20H28IN5OS. The lowest BCUT2D eigenvalue weighted by molar-refractivity contribution is -0.119. The molecule has 6 nitrogen and oxygen atoms in total. The van der Waals surface area contributed by atoms with E-state index in [1.807, 2.05) is 37.4 Å². The molecule has 1 aromatic carbocycles. The number of carbonyl (C=O) groups is 1. The first-order valence-electron chi connectivity index (χ1n) is 9.39. The number of nitrogens with zero attached hydrogens (tertiary/aromatic N) is 2. The van der Waals surface area contributed by atoms with Crippen LogP contribution in [0, 0.1) is 12.8 Å². The smallest absolute Gasteiger partial charge is 0.227 e. The summed E-state index contributed by atoms with van der Waals surface area (Å²) in [5, 5.41) is 10.7. The van der Waals surface area contributed by atoms with Gasteiger partial charge in [0.1, 0.15) is 5.01 Å². The predicted molar refractivity (Wildman–Crippen MR) is 126 cm³/mol. The highest BCUT2D eigenvalue weighted by Crippen LogP contribution is 2.26. The van der Waals surface area contributed by atoms with Gasteiger partial charge in [-0.05, 0) is 37.5 Å². The maximum atomic E-state index is 12.3. The minimum Gasteiger partial charge on any atom is -0.352 e. The third-order valence-electron chi connectivity index (χ3n) is 4.68. The van der Waals surface area contributed by atoms with Crippen molar-refractivity contribution in [3.8, 4) is 0 Å². The Morgan fingerprint density at radius 1 is 1.25 bits per heavy atom. The second kappa shape index (κ2) is 11.4. The second-order valence-electron chi connectivity index (χ2n) is 6.81. The molecule has 8 heteroatoms. The van der Waals surface area contributed by atoms with Crippen LogP contribution in [0.4, 0.5) is 5.69 Å². The van der Waals surface area contributed by atoms with Crippen molar-refractivity contribution in [3.05, 3.63) is 45.9 Å². The van der Waals surface area contributed by atoms with Crippen molar-refractivity contribution in [2.75, 3.05) is 12.4 Å². The Morgan fingerprint density at radius 2 is 2.00 bits per heavy atom. The molecule has 0 unspecified atom stereocenters. The number of thiazole rings is 1. The molecule has 0 bridgehead atoms. The Labute approximate surface area is 187 Å². The second-order valence-corrected chi connectivity index (χ2v) is 8.13. The average molecular weight is 513 g/mol. The minimum absolute atomic E-state index is 0. The average Bonchev–Trinajstić information content (AvgIpc) is 3.34. The molecule has 0 aliphatic heterocycles. The van der Waals surface area contributed by atoms with E-state index in [1.165, 1.54) is 4.88 Å². The number of carbonyl (C=O) groups excluding carboxylic acids is 1. The number of aliphatic imine (C=N–C) groups is 1. The quantitative estimate of drug-likeness (QED) is 0.309. The summed E-state index contributed by atoms with van der Waals surface area (Å²) in [7, 11) is 1.75. The number of aryl methyl sites for hydroxylation is 1. The van der Waals surface area contributed by atoms with Crippen molar-refractivity contribution >= 4 is 52.9 Å². The predicted octanol–water partition coefficient (Wildman–Crippen LogP) is 4.06. The fourth-order valence-corrected chi connectivity index (χ4v) is 3.97. The monoisotopic (exact) mass is 513 g/mol. The van der Waals surface area contributed by atoms with Crippen LogP contribution in [0.25, 0.3) is 0 Å². The summed E-state index contributed by atoms with van der Waals surface area (Å²) in [5.74, 6) is 1.04. The van der Waals surface area contributed by atoms with Gasteiger partial charge in [0.15, 0.2) is 5.96 Å². The Balaban J connectivity index is 0.00000280. The largest absolute Gasteiger partial charge is 0.352 e. The molecule has 1 aromatic heterocycles. The normalized spacial score (nSPS) is 14.4. The molecule has 3 N–H and O–H groups in total. The van der Waals surface area contributed by atoms with E-state index in [1.54, 1.807) is 18.4 Å². The van der Waals surface area contributed by atoms with Crippen molar-refractivity contribution in [2.24, 2.45) is 10.9 Å². The summed E-state index contributed by atoms with van der Waals surface area (Å²) in [6, 6.07) is 7.96. The number of halogens is 1. The zero-order valence-corrected chi connectivity index (χ0v) is 19.5. The first-order valence-corrected chi connectivity index (χ1v) is 10.2. The lowest BCUT2D eigenvalue weighted by atomic mass is 10.1.